The van der Waals surface area contributed by atoms with Gasteiger partial charge in [0.2, 0.25) is 5.91 Å². The summed E-state index contributed by atoms with van der Waals surface area (Å²) < 4.78 is 0. The van der Waals surface area contributed by atoms with Crippen molar-refractivity contribution in [1.82, 2.24) is 15.5 Å². The van der Waals surface area contributed by atoms with Gasteiger partial charge in [-0.3, -0.25) is 4.79 Å². The van der Waals surface area contributed by atoms with Gasteiger partial charge in [-0.1, -0.05) is 6.92 Å². The maximum absolute atomic E-state index is 12.1. The molecule has 1 amide bonds. The molecule has 20 heavy (non-hydrogen) atoms. The molecule has 2 atom stereocenters. The molecule has 2 N–H and O–H groups in total. The second-order valence-electron chi connectivity index (χ2n) is 6.75. The molecule has 2 aliphatic rings. The zero-order valence-corrected chi connectivity index (χ0v) is 13.2. The molecule has 2 saturated heterocycles. The number of piperidine rings is 2. The molecule has 116 valence electrons. The lowest BCUT2D eigenvalue weighted by molar-refractivity contribution is -0.126. The van der Waals surface area contributed by atoms with Crippen LogP contribution in [0.25, 0.3) is 0 Å². The normalized spacial score (nSPS) is 29.3. The fraction of sp³-hybridized carbons (Fsp3) is 0.938. The standard InChI is InChI=1S/C16H31N3O/c1-13-5-10-19(11-6-13)9-3-7-18-16(20)15-4-8-17-14(2)12-15/h13-15,17H,3-12H2,1-2H3,(H,18,20)/t14-,15-/m0/s1. The van der Waals surface area contributed by atoms with E-state index in [-0.39, 0.29) is 11.8 Å². The topological polar surface area (TPSA) is 44.4 Å². The lowest BCUT2D eigenvalue weighted by atomic mass is 9.92. The molecule has 0 saturated carbocycles. The Morgan fingerprint density at radius 1 is 1.25 bits per heavy atom. The third-order valence-electron chi connectivity index (χ3n) is 4.82. The van der Waals surface area contributed by atoms with Gasteiger partial charge in [0, 0.05) is 18.5 Å². The molecule has 0 bridgehead atoms. The number of nitrogens with one attached hydrogen (secondary N) is 2. The number of rotatable bonds is 5. The van der Waals surface area contributed by atoms with Crippen molar-refractivity contribution in [3.63, 3.8) is 0 Å². The van der Waals surface area contributed by atoms with E-state index in [4.69, 9.17) is 0 Å². The minimum absolute atomic E-state index is 0.224. The molecular formula is C16H31N3O. The Kier molecular flexibility index (Phi) is 6.30. The van der Waals surface area contributed by atoms with E-state index >= 15 is 0 Å². The first-order chi connectivity index (χ1) is 9.65. The van der Waals surface area contributed by atoms with Gasteiger partial charge < -0.3 is 15.5 Å². The predicted molar refractivity (Wildman–Crippen MR) is 82.7 cm³/mol. The summed E-state index contributed by atoms with van der Waals surface area (Å²) in [5.74, 6) is 1.39. The molecule has 2 rings (SSSR count). The lowest BCUT2D eigenvalue weighted by Crippen LogP contribution is -2.43. The van der Waals surface area contributed by atoms with Crippen LogP contribution in [0.15, 0.2) is 0 Å². The van der Waals surface area contributed by atoms with Gasteiger partial charge in [-0.15, -0.1) is 0 Å². The lowest BCUT2D eigenvalue weighted by Gasteiger charge is -2.30. The van der Waals surface area contributed by atoms with Gasteiger partial charge in [0.15, 0.2) is 0 Å². The molecule has 2 aliphatic heterocycles. The van der Waals surface area contributed by atoms with Gasteiger partial charge in [0.25, 0.3) is 0 Å². The van der Waals surface area contributed by atoms with Crippen LogP contribution in [-0.4, -0.2) is 49.6 Å². The van der Waals surface area contributed by atoms with Gasteiger partial charge in [0.1, 0.15) is 0 Å². The number of carbonyl (C=O) groups is 1. The van der Waals surface area contributed by atoms with E-state index in [1.165, 1.54) is 25.9 Å². The zero-order chi connectivity index (χ0) is 14.4. The number of likely N-dealkylation sites (tertiary alicyclic amines) is 1. The Morgan fingerprint density at radius 2 is 2.00 bits per heavy atom. The summed E-state index contributed by atoms with van der Waals surface area (Å²) in [6.45, 7) is 9.93. The molecule has 4 nitrogen and oxygen atoms in total. The summed E-state index contributed by atoms with van der Waals surface area (Å²) in [6, 6.07) is 0.481. The van der Waals surface area contributed by atoms with Crippen molar-refractivity contribution < 1.29 is 4.79 Å². The monoisotopic (exact) mass is 281 g/mol. The quantitative estimate of drug-likeness (QED) is 0.753. The van der Waals surface area contributed by atoms with E-state index in [1.807, 2.05) is 0 Å². The summed E-state index contributed by atoms with van der Waals surface area (Å²) in [4.78, 5) is 14.6. The fourth-order valence-electron chi connectivity index (χ4n) is 3.31. The highest BCUT2D eigenvalue weighted by atomic mass is 16.1. The summed E-state index contributed by atoms with van der Waals surface area (Å²) in [7, 11) is 0. The van der Waals surface area contributed by atoms with E-state index in [0.29, 0.717) is 6.04 Å². The molecule has 0 aromatic rings. The van der Waals surface area contributed by atoms with Crippen molar-refractivity contribution in [1.29, 1.82) is 0 Å². The molecule has 2 heterocycles. The van der Waals surface area contributed by atoms with Gasteiger partial charge in [0.05, 0.1) is 0 Å². The largest absolute Gasteiger partial charge is 0.356 e. The van der Waals surface area contributed by atoms with Crippen molar-refractivity contribution in [3.05, 3.63) is 0 Å². The third-order valence-corrected chi connectivity index (χ3v) is 4.82. The van der Waals surface area contributed by atoms with Crippen LogP contribution in [0.2, 0.25) is 0 Å². The predicted octanol–water partition coefficient (Wildman–Crippen LogP) is 1.61. The van der Waals surface area contributed by atoms with Gasteiger partial charge in [-0.05, 0) is 71.1 Å². The summed E-state index contributed by atoms with van der Waals surface area (Å²) in [5.41, 5.74) is 0. The highest BCUT2D eigenvalue weighted by Crippen LogP contribution is 2.17. The van der Waals surface area contributed by atoms with Gasteiger partial charge >= 0.3 is 0 Å². The Bertz CT molecular complexity index is 300. The first-order valence-electron chi connectivity index (χ1n) is 8.38. The first kappa shape index (κ1) is 15.8. The molecule has 0 spiro atoms. The Hall–Kier alpha value is -0.610. The van der Waals surface area contributed by atoms with Crippen molar-refractivity contribution in [2.45, 2.75) is 52.0 Å². The number of nitrogens with zero attached hydrogens (tertiary/aromatic N) is 1. The first-order valence-corrected chi connectivity index (χ1v) is 8.38. The van der Waals surface area contributed by atoms with Crippen LogP contribution in [0.4, 0.5) is 0 Å². The molecule has 0 radical (unpaired) electrons. The van der Waals surface area contributed by atoms with Crippen LogP contribution in [0.1, 0.15) is 46.0 Å². The second kappa shape index (κ2) is 7.99. The maximum Gasteiger partial charge on any atom is 0.223 e. The Labute approximate surface area is 123 Å². The van der Waals surface area contributed by atoms with E-state index in [9.17, 15) is 4.79 Å². The minimum atomic E-state index is 0.224. The molecule has 0 aromatic heterocycles. The van der Waals surface area contributed by atoms with E-state index in [2.05, 4.69) is 29.4 Å². The SMILES string of the molecule is CC1CCN(CCCNC(=O)[C@H]2CCN[C@@H](C)C2)CC1. The zero-order valence-electron chi connectivity index (χ0n) is 13.2. The van der Waals surface area contributed by atoms with E-state index in [0.717, 1.165) is 44.8 Å². The van der Waals surface area contributed by atoms with Crippen molar-refractivity contribution in [3.8, 4) is 0 Å². The average molecular weight is 281 g/mol. The smallest absolute Gasteiger partial charge is 0.223 e. The number of hydrogen-bond acceptors (Lipinski definition) is 3. The average Bonchev–Trinajstić information content (AvgIpc) is 2.45. The van der Waals surface area contributed by atoms with Crippen LogP contribution in [0.5, 0.6) is 0 Å². The number of hydrogen-bond donors (Lipinski definition) is 2. The van der Waals surface area contributed by atoms with Crippen LogP contribution in [0, 0.1) is 11.8 Å². The summed E-state index contributed by atoms with van der Waals surface area (Å²) in [6.07, 6.45) is 5.72. The van der Waals surface area contributed by atoms with Gasteiger partial charge in [-0.25, -0.2) is 0 Å². The minimum Gasteiger partial charge on any atom is -0.356 e. The number of amides is 1. The number of carbonyl (C=O) groups excluding carboxylic acids is 1. The second-order valence-corrected chi connectivity index (χ2v) is 6.75. The summed E-state index contributed by atoms with van der Waals surface area (Å²) in [5, 5.41) is 6.52. The van der Waals surface area contributed by atoms with Crippen molar-refractivity contribution in [2.75, 3.05) is 32.7 Å². The Morgan fingerprint density at radius 3 is 2.70 bits per heavy atom. The van der Waals surface area contributed by atoms with Crippen LogP contribution >= 0.6 is 0 Å². The van der Waals surface area contributed by atoms with Crippen molar-refractivity contribution >= 4 is 5.91 Å². The highest BCUT2D eigenvalue weighted by molar-refractivity contribution is 5.78. The van der Waals surface area contributed by atoms with E-state index < -0.39 is 0 Å². The third kappa shape index (κ3) is 5.06. The van der Waals surface area contributed by atoms with Crippen LogP contribution < -0.4 is 10.6 Å². The molecule has 0 aromatic carbocycles. The van der Waals surface area contributed by atoms with E-state index in [1.54, 1.807) is 0 Å². The molecule has 0 unspecified atom stereocenters. The molecule has 4 heteroatoms. The van der Waals surface area contributed by atoms with Gasteiger partial charge in [-0.2, -0.15) is 0 Å². The molecule has 2 fully saturated rings. The van der Waals surface area contributed by atoms with Crippen molar-refractivity contribution in [2.24, 2.45) is 11.8 Å². The van der Waals surface area contributed by atoms with Crippen LogP contribution in [-0.2, 0) is 4.79 Å². The Balaban J connectivity index is 1.55. The van der Waals surface area contributed by atoms with Crippen LogP contribution in [0.3, 0.4) is 0 Å². The fourth-order valence-corrected chi connectivity index (χ4v) is 3.31. The highest BCUT2D eigenvalue weighted by Gasteiger charge is 2.24. The molecule has 0 aliphatic carbocycles. The maximum atomic E-state index is 12.1. The summed E-state index contributed by atoms with van der Waals surface area (Å²) >= 11 is 0. The molecular weight excluding hydrogens is 250 g/mol.